The number of rotatable bonds is 10. The molecular formula is C43H48F2N12O5. The van der Waals surface area contributed by atoms with E-state index in [0.29, 0.717) is 30.6 Å². The van der Waals surface area contributed by atoms with Gasteiger partial charge in [0, 0.05) is 64.0 Å². The number of para-hydroxylation sites is 1. The fourth-order valence-corrected chi connectivity index (χ4v) is 9.79. The zero-order valence-corrected chi connectivity index (χ0v) is 34.4. The van der Waals surface area contributed by atoms with Gasteiger partial charge in [0.15, 0.2) is 17.2 Å². The van der Waals surface area contributed by atoms with E-state index in [-0.39, 0.29) is 54.4 Å². The number of morpholine rings is 1. The standard InChI is InChI=1S/C43H48F2N12O5/c1-52-38-27(4-2-6-32(38)41(51-52)54-17-14-36(58)49-43(54)60)5-3-19-61-30-11-15-53(16-12-30)22-26-7-9-28(10-8-26)57-24-34(37(50-57)39(44)45)47-42(59)33-21-46-56-18-13-35(48-40(33)56)55-23-31-20-29(55)25-62-31/h2,4,6,13,18,21,24,26,28-31,39H,7-12,14-17,19-20,22-23,25H2,1H3,(H,47,59)(H,49,58,60)/t26-,28-,29-,31-/m1/s1. The molecule has 2 N–H and O–H groups in total. The number of anilines is 3. The molecular weight excluding hydrogens is 803 g/mol. The van der Waals surface area contributed by atoms with E-state index in [1.807, 2.05) is 31.3 Å². The molecule has 4 aromatic heterocycles. The third-order valence-corrected chi connectivity index (χ3v) is 13.0. The van der Waals surface area contributed by atoms with Crippen LogP contribution in [-0.2, 0) is 21.3 Å². The number of hydrogen-bond donors (Lipinski definition) is 2. The number of aromatic nitrogens is 7. The number of piperidine rings is 1. The Morgan fingerprint density at radius 2 is 1.90 bits per heavy atom. The molecule has 8 heterocycles. The Balaban J connectivity index is 0.695. The lowest BCUT2D eigenvalue weighted by Crippen LogP contribution is -2.49. The largest absolute Gasteiger partial charge is 0.374 e. The molecule has 4 saturated heterocycles. The first kappa shape index (κ1) is 40.1. The van der Waals surface area contributed by atoms with Gasteiger partial charge in [0.2, 0.25) is 5.91 Å². The van der Waals surface area contributed by atoms with Crippen LogP contribution in [0.3, 0.4) is 0 Å². The highest BCUT2D eigenvalue weighted by molar-refractivity contribution is 6.09. The number of amides is 4. The van der Waals surface area contributed by atoms with Crippen molar-refractivity contribution in [2.24, 2.45) is 13.0 Å². The van der Waals surface area contributed by atoms with Crippen LogP contribution in [-0.4, -0.2) is 121 Å². The first-order chi connectivity index (χ1) is 30.1. The number of hydrogen-bond acceptors (Lipinski definition) is 11. The molecule has 0 spiro atoms. The Kier molecular flexibility index (Phi) is 10.8. The van der Waals surface area contributed by atoms with Crippen molar-refractivity contribution in [2.45, 2.75) is 82.1 Å². The first-order valence-electron chi connectivity index (χ1n) is 21.5. The number of ether oxygens (including phenoxy) is 2. The van der Waals surface area contributed by atoms with Gasteiger partial charge in [-0.3, -0.25) is 29.2 Å². The van der Waals surface area contributed by atoms with Crippen molar-refractivity contribution in [1.29, 1.82) is 0 Å². The Bertz CT molecular complexity index is 2580. The molecule has 0 radical (unpaired) electrons. The molecule has 17 nitrogen and oxygen atoms in total. The molecule has 1 aromatic carbocycles. The van der Waals surface area contributed by atoms with Gasteiger partial charge < -0.3 is 24.6 Å². The zero-order chi connectivity index (χ0) is 42.5. The van der Waals surface area contributed by atoms with Gasteiger partial charge in [-0.05, 0) is 69.1 Å². The van der Waals surface area contributed by atoms with Crippen LogP contribution in [0.4, 0.5) is 30.9 Å². The van der Waals surface area contributed by atoms with Gasteiger partial charge in [-0.2, -0.15) is 15.3 Å². The molecule has 4 aliphatic heterocycles. The van der Waals surface area contributed by atoms with E-state index in [4.69, 9.17) is 14.5 Å². The average Bonchev–Trinajstić information content (AvgIpc) is 4.13. The van der Waals surface area contributed by atoms with E-state index in [9.17, 15) is 23.2 Å². The highest BCUT2D eigenvalue weighted by Gasteiger charge is 2.40. The summed E-state index contributed by atoms with van der Waals surface area (Å²) in [6.45, 7) is 4.80. The van der Waals surface area contributed by atoms with Gasteiger partial charge in [0.25, 0.3) is 12.3 Å². The van der Waals surface area contributed by atoms with Crippen LogP contribution in [0.1, 0.15) is 85.4 Å². The number of carbonyl (C=O) groups is 3. The Morgan fingerprint density at radius 3 is 2.66 bits per heavy atom. The number of likely N-dealkylation sites (tertiary alicyclic amines) is 1. The predicted octanol–water partition coefficient (Wildman–Crippen LogP) is 4.69. The lowest BCUT2D eigenvalue weighted by atomic mass is 9.85. The minimum atomic E-state index is -2.86. The van der Waals surface area contributed by atoms with E-state index in [1.54, 1.807) is 21.8 Å². The Morgan fingerprint density at radius 1 is 1.06 bits per heavy atom. The summed E-state index contributed by atoms with van der Waals surface area (Å²) in [6, 6.07) is 7.31. The van der Waals surface area contributed by atoms with Crippen molar-refractivity contribution in [1.82, 2.24) is 44.4 Å². The van der Waals surface area contributed by atoms with Crippen molar-refractivity contribution < 1.29 is 32.6 Å². The van der Waals surface area contributed by atoms with E-state index < -0.39 is 24.1 Å². The van der Waals surface area contributed by atoms with E-state index >= 15 is 0 Å². The van der Waals surface area contributed by atoms with Crippen LogP contribution in [0.25, 0.3) is 16.6 Å². The molecule has 19 heteroatoms. The number of imide groups is 1. The summed E-state index contributed by atoms with van der Waals surface area (Å²) in [5, 5.41) is 19.0. The number of urea groups is 1. The number of nitrogens with one attached hydrogen (secondary N) is 2. The maximum Gasteiger partial charge on any atom is 0.329 e. The summed E-state index contributed by atoms with van der Waals surface area (Å²) in [7, 11) is 1.82. The van der Waals surface area contributed by atoms with Gasteiger partial charge in [-0.1, -0.05) is 17.9 Å². The second-order valence-electron chi connectivity index (χ2n) is 17.0. The summed E-state index contributed by atoms with van der Waals surface area (Å²) in [4.78, 5) is 48.6. The number of aryl methyl sites for hydroxylation is 1. The number of alkyl halides is 2. The third-order valence-electron chi connectivity index (χ3n) is 13.0. The van der Waals surface area contributed by atoms with Gasteiger partial charge in [-0.25, -0.2) is 23.1 Å². The molecule has 1 saturated carbocycles. The van der Waals surface area contributed by atoms with Crippen LogP contribution < -0.4 is 20.4 Å². The van der Waals surface area contributed by atoms with Crippen molar-refractivity contribution in [3.63, 3.8) is 0 Å². The molecule has 10 rings (SSSR count). The van der Waals surface area contributed by atoms with Gasteiger partial charge in [0.1, 0.15) is 18.0 Å². The topological polar surface area (TPSA) is 169 Å². The summed E-state index contributed by atoms with van der Waals surface area (Å²) < 4.78 is 45.3. The second kappa shape index (κ2) is 16.7. The highest BCUT2D eigenvalue weighted by atomic mass is 19.3. The van der Waals surface area contributed by atoms with Crippen molar-refractivity contribution in [3.8, 4) is 11.8 Å². The number of halogens is 2. The lowest BCUT2D eigenvalue weighted by Gasteiger charge is -2.36. The number of fused-ring (bicyclic) bond motifs is 4. The molecule has 0 unspecified atom stereocenters. The number of carbonyl (C=O) groups excluding carboxylic acids is 3. The second-order valence-corrected chi connectivity index (χ2v) is 17.0. The maximum atomic E-state index is 14.3. The lowest BCUT2D eigenvalue weighted by molar-refractivity contribution is -0.120. The Labute approximate surface area is 355 Å². The third kappa shape index (κ3) is 7.86. The quantitative estimate of drug-likeness (QED) is 0.187. The van der Waals surface area contributed by atoms with Gasteiger partial charge >= 0.3 is 6.03 Å². The summed E-state index contributed by atoms with van der Waals surface area (Å²) in [5.74, 6) is 7.27. The molecule has 2 bridgehead atoms. The monoisotopic (exact) mass is 850 g/mol. The van der Waals surface area contributed by atoms with Crippen LogP contribution >= 0.6 is 0 Å². The zero-order valence-electron chi connectivity index (χ0n) is 34.4. The van der Waals surface area contributed by atoms with E-state index in [2.05, 4.69) is 47.6 Å². The molecule has 5 fully saturated rings. The van der Waals surface area contributed by atoms with Crippen molar-refractivity contribution in [3.05, 3.63) is 59.7 Å². The maximum absolute atomic E-state index is 14.3. The molecule has 5 aliphatic rings. The Hall–Kier alpha value is -5.97. The van der Waals surface area contributed by atoms with Crippen LogP contribution in [0.15, 0.2) is 42.9 Å². The van der Waals surface area contributed by atoms with Crippen molar-refractivity contribution in [2.75, 3.05) is 61.1 Å². The molecule has 1 aliphatic carbocycles. The molecule has 62 heavy (non-hydrogen) atoms. The fourth-order valence-electron chi connectivity index (χ4n) is 9.79. The summed E-state index contributed by atoms with van der Waals surface area (Å²) >= 11 is 0. The highest BCUT2D eigenvalue weighted by Crippen LogP contribution is 2.37. The SMILES string of the molecule is Cn1nc(N2CCC(=O)NC2=O)c2cccc(C#CCOC3CCN(C[C@H]4CC[C@H](n5cc(NC(=O)c6cnn7ccc(N8C[C@H]9C[C@@H]8CO9)nc67)c(C(F)F)n5)CC4)CC3)c21. The average molecular weight is 851 g/mol. The molecule has 324 valence electrons. The molecule has 2 atom stereocenters. The van der Waals surface area contributed by atoms with Crippen molar-refractivity contribution >= 4 is 51.7 Å². The minimum absolute atomic E-state index is 0.00234. The van der Waals surface area contributed by atoms with Crippen LogP contribution in [0.5, 0.6) is 0 Å². The summed E-state index contributed by atoms with van der Waals surface area (Å²) in [6.07, 6.45) is 8.70. The summed E-state index contributed by atoms with van der Waals surface area (Å²) in [5.41, 5.74) is 1.70. The minimum Gasteiger partial charge on any atom is -0.374 e. The van der Waals surface area contributed by atoms with E-state index in [1.165, 1.54) is 15.6 Å². The molecule has 5 aromatic rings. The van der Waals surface area contributed by atoms with Crippen LogP contribution in [0.2, 0.25) is 0 Å². The molecule has 4 amide bonds. The van der Waals surface area contributed by atoms with Gasteiger partial charge in [-0.15, -0.1) is 0 Å². The number of benzene rings is 1. The van der Waals surface area contributed by atoms with E-state index in [0.717, 1.165) is 93.4 Å². The number of nitrogens with zero attached hydrogens (tertiary/aromatic N) is 10. The smallest absolute Gasteiger partial charge is 0.329 e. The first-order valence-corrected chi connectivity index (χ1v) is 21.5. The van der Waals surface area contributed by atoms with Crippen LogP contribution in [0, 0.1) is 17.8 Å². The predicted molar refractivity (Wildman–Crippen MR) is 223 cm³/mol. The fraction of sp³-hybridized carbons (Fsp3) is 0.512. The normalized spacial score (nSPS) is 23.4. The van der Waals surface area contributed by atoms with Gasteiger partial charge in [0.05, 0.1) is 53.9 Å².